The third-order valence-corrected chi connectivity index (χ3v) is 12.4. The minimum atomic E-state index is -0.818. The molecule has 0 saturated heterocycles. The van der Waals surface area contributed by atoms with Crippen molar-refractivity contribution in [3.63, 3.8) is 0 Å². The number of carbonyl (C=O) groups excluding carboxylic acids is 7. The van der Waals surface area contributed by atoms with Crippen LogP contribution in [0, 0.1) is 0 Å². The summed E-state index contributed by atoms with van der Waals surface area (Å²) in [7, 11) is 0. The lowest BCUT2D eigenvalue weighted by Crippen LogP contribution is -2.23. The normalized spacial score (nSPS) is 11.4. The van der Waals surface area contributed by atoms with Gasteiger partial charge in [0.2, 0.25) is 0 Å². The first-order chi connectivity index (χ1) is 34.7. The summed E-state index contributed by atoms with van der Waals surface area (Å²) in [6.07, 6.45) is 16.9. The Morgan fingerprint density at radius 1 is 0.361 bits per heavy atom. The van der Waals surface area contributed by atoms with Crippen LogP contribution in [0.5, 0.6) is 0 Å². The van der Waals surface area contributed by atoms with Crippen LogP contribution >= 0.6 is 0 Å². The van der Waals surface area contributed by atoms with E-state index in [2.05, 4.69) is 6.58 Å². The molecule has 0 radical (unpaired) electrons. The quantitative estimate of drug-likeness (QED) is 0.0260. The maximum absolute atomic E-state index is 13.8. The summed E-state index contributed by atoms with van der Waals surface area (Å²) in [5.41, 5.74) is 4.95. The van der Waals surface area contributed by atoms with Gasteiger partial charge in [-0.2, -0.15) is 0 Å². The third-order valence-electron chi connectivity index (χ3n) is 12.4. The fourth-order valence-corrected chi connectivity index (χ4v) is 8.36. The first-order valence-electron chi connectivity index (χ1n) is 27.7. The lowest BCUT2D eigenvalue weighted by Gasteiger charge is -2.30. The van der Waals surface area contributed by atoms with Gasteiger partial charge in [-0.3, -0.25) is 28.8 Å². The molecule has 1 atom stereocenters. The molecule has 1 aromatic rings. The molecule has 0 aromatic heterocycles. The number of benzene rings is 1. The highest BCUT2D eigenvalue weighted by molar-refractivity contribution is 5.86. The van der Waals surface area contributed by atoms with Gasteiger partial charge in [-0.25, -0.2) is 4.79 Å². The standard InChI is InChI=1S/C58H94O14/c1-9-14-27-51(59)66-39-33-46-47(34-40-67-52(60)28-15-10-2)49(36-42-69-54(62)30-17-12-4)57(45(8)72-56(64)32-25-23-21-19-20-22-24-26-38-71-58(65)44(6)7)50(37-43-70-55(63)31-18-13-5)48(46)35-41-68-53(61)29-16-11-3/h45H,6,9-43H2,1-5,7-8H3. The summed E-state index contributed by atoms with van der Waals surface area (Å²) in [6, 6.07) is 0. The van der Waals surface area contributed by atoms with Gasteiger partial charge >= 0.3 is 41.8 Å². The van der Waals surface area contributed by atoms with E-state index in [1.165, 1.54) is 0 Å². The van der Waals surface area contributed by atoms with E-state index in [-0.39, 0.29) is 145 Å². The Bertz CT molecular complexity index is 1690. The fourth-order valence-electron chi connectivity index (χ4n) is 8.36. The number of unbranched alkanes of at least 4 members (excludes halogenated alkanes) is 12. The van der Waals surface area contributed by atoms with Crippen molar-refractivity contribution in [3.05, 3.63) is 45.5 Å². The average molecular weight is 1020 g/mol. The van der Waals surface area contributed by atoms with Gasteiger partial charge in [-0.05, 0) is 92.2 Å². The Balaban J connectivity index is 3.87. The molecule has 1 unspecified atom stereocenters. The Hall–Kier alpha value is -4.75. The van der Waals surface area contributed by atoms with E-state index < -0.39 is 6.10 Å². The maximum atomic E-state index is 13.8. The van der Waals surface area contributed by atoms with E-state index >= 15 is 0 Å². The van der Waals surface area contributed by atoms with Crippen LogP contribution in [0.15, 0.2) is 12.2 Å². The van der Waals surface area contributed by atoms with E-state index in [9.17, 15) is 33.6 Å². The predicted molar refractivity (Wildman–Crippen MR) is 279 cm³/mol. The summed E-state index contributed by atoms with van der Waals surface area (Å²) in [4.78, 5) is 90.0. The van der Waals surface area contributed by atoms with Gasteiger partial charge < -0.3 is 33.2 Å². The van der Waals surface area contributed by atoms with E-state index in [1.807, 2.05) is 41.5 Å². The highest BCUT2D eigenvalue weighted by Crippen LogP contribution is 2.37. The fraction of sp³-hybridized carbons (Fsp3) is 0.741. The Labute approximate surface area is 433 Å². The number of carbonyl (C=O) groups is 7. The van der Waals surface area contributed by atoms with Crippen LogP contribution in [0.25, 0.3) is 0 Å². The van der Waals surface area contributed by atoms with Gasteiger partial charge in [-0.1, -0.05) is 112 Å². The highest BCUT2D eigenvalue weighted by Gasteiger charge is 2.29. The molecule has 0 aliphatic carbocycles. The molecule has 1 aromatic carbocycles. The number of esters is 7. The number of hydrogen-bond donors (Lipinski definition) is 0. The molecule has 1 rings (SSSR count). The van der Waals surface area contributed by atoms with Crippen LogP contribution in [0.1, 0.15) is 242 Å². The molecule has 0 spiro atoms. The van der Waals surface area contributed by atoms with E-state index in [4.69, 9.17) is 33.2 Å². The molecule has 72 heavy (non-hydrogen) atoms. The lowest BCUT2D eigenvalue weighted by molar-refractivity contribution is -0.149. The second kappa shape index (κ2) is 41.7. The number of ether oxygens (including phenoxy) is 7. The van der Waals surface area contributed by atoms with Crippen LogP contribution in [0.2, 0.25) is 0 Å². The predicted octanol–water partition coefficient (Wildman–Crippen LogP) is 12.3. The molecule has 0 saturated carbocycles. The molecular weight excluding hydrogens is 921 g/mol. The second-order valence-corrected chi connectivity index (χ2v) is 18.8. The Morgan fingerprint density at radius 3 is 0.958 bits per heavy atom. The summed E-state index contributed by atoms with van der Waals surface area (Å²) in [5.74, 6) is -2.35. The zero-order valence-electron chi connectivity index (χ0n) is 45.7. The van der Waals surface area contributed by atoms with Crippen molar-refractivity contribution in [1.82, 2.24) is 0 Å². The first-order valence-corrected chi connectivity index (χ1v) is 27.7. The van der Waals surface area contributed by atoms with Crippen molar-refractivity contribution in [2.24, 2.45) is 0 Å². The van der Waals surface area contributed by atoms with Crippen molar-refractivity contribution in [2.45, 2.75) is 241 Å². The molecule has 0 fully saturated rings. The average Bonchev–Trinajstić information content (AvgIpc) is 3.35. The van der Waals surface area contributed by atoms with Gasteiger partial charge in [0.25, 0.3) is 0 Å². The molecule has 0 heterocycles. The SMILES string of the molecule is C=C(C)C(=O)OCCCCCCCCCCC(=O)OC(C)c1c(CCOC(=O)CCCC)c(CCOC(=O)CCCC)c(CCOC(=O)CCCC)c(CCOC(=O)CCCC)c1CCOC(=O)CCCC. The number of rotatable bonds is 44. The van der Waals surface area contributed by atoms with Gasteiger partial charge in [0.05, 0.1) is 39.6 Å². The van der Waals surface area contributed by atoms with Crippen molar-refractivity contribution < 1.29 is 66.7 Å². The molecule has 0 amide bonds. The van der Waals surface area contributed by atoms with E-state index in [1.54, 1.807) is 6.92 Å². The van der Waals surface area contributed by atoms with Gasteiger partial charge in [0.15, 0.2) is 0 Å². The van der Waals surface area contributed by atoms with Crippen molar-refractivity contribution >= 4 is 41.8 Å². The highest BCUT2D eigenvalue weighted by atomic mass is 16.6. The molecule has 410 valence electrons. The van der Waals surface area contributed by atoms with Crippen LogP contribution in [-0.2, 0) is 98.8 Å². The lowest BCUT2D eigenvalue weighted by atomic mass is 9.79. The van der Waals surface area contributed by atoms with E-state index in [0.29, 0.717) is 56.3 Å². The molecule has 0 N–H and O–H groups in total. The van der Waals surface area contributed by atoms with Gasteiger partial charge in [0.1, 0.15) is 6.10 Å². The molecule has 14 heteroatoms. The van der Waals surface area contributed by atoms with Gasteiger partial charge in [0, 0.05) is 76.2 Å². The zero-order valence-corrected chi connectivity index (χ0v) is 45.7. The summed E-state index contributed by atoms with van der Waals surface area (Å²) < 4.78 is 40.6. The number of hydrogen-bond acceptors (Lipinski definition) is 14. The largest absolute Gasteiger partial charge is 0.465 e. The summed E-state index contributed by atoms with van der Waals surface area (Å²) >= 11 is 0. The maximum Gasteiger partial charge on any atom is 0.333 e. The summed E-state index contributed by atoms with van der Waals surface area (Å²) in [6.45, 7) is 17.6. The Kier molecular flexibility index (Phi) is 37.8. The topological polar surface area (TPSA) is 184 Å². The van der Waals surface area contributed by atoms with Crippen LogP contribution in [0.4, 0.5) is 0 Å². The van der Waals surface area contributed by atoms with Crippen molar-refractivity contribution in [1.29, 1.82) is 0 Å². The molecule has 14 nitrogen and oxygen atoms in total. The molecule has 0 aliphatic rings. The van der Waals surface area contributed by atoms with Crippen molar-refractivity contribution in [2.75, 3.05) is 39.6 Å². The van der Waals surface area contributed by atoms with E-state index in [0.717, 1.165) is 105 Å². The van der Waals surface area contributed by atoms with Crippen LogP contribution in [-0.4, -0.2) is 81.4 Å². The zero-order chi connectivity index (χ0) is 53.4. The minimum Gasteiger partial charge on any atom is -0.465 e. The van der Waals surface area contributed by atoms with Gasteiger partial charge in [-0.15, -0.1) is 0 Å². The van der Waals surface area contributed by atoms with Crippen LogP contribution in [0.3, 0.4) is 0 Å². The summed E-state index contributed by atoms with van der Waals surface area (Å²) in [5, 5.41) is 0. The Morgan fingerprint density at radius 2 is 0.639 bits per heavy atom. The molecular formula is C58H94O14. The minimum absolute atomic E-state index is 0.0211. The first kappa shape index (κ1) is 65.3. The van der Waals surface area contributed by atoms with Crippen molar-refractivity contribution in [3.8, 4) is 0 Å². The third kappa shape index (κ3) is 29.7. The van der Waals surface area contributed by atoms with Crippen LogP contribution < -0.4 is 0 Å². The molecule has 0 bridgehead atoms. The molecule has 0 aliphatic heterocycles. The monoisotopic (exact) mass is 1010 g/mol. The second-order valence-electron chi connectivity index (χ2n) is 18.8. The smallest absolute Gasteiger partial charge is 0.333 e.